The van der Waals surface area contributed by atoms with E-state index >= 15 is 0 Å². The number of nitrogens with zero attached hydrogens (tertiary/aromatic N) is 1. The molecule has 0 saturated carbocycles. The second kappa shape index (κ2) is 4.99. The van der Waals surface area contributed by atoms with E-state index in [1.165, 1.54) is 6.07 Å². The van der Waals surface area contributed by atoms with Crippen LogP contribution in [0.1, 0.15) is 5.69 Å². The van der Waals surface area contributed by atoms with Crippen LogP contribution in [0.5, 0.6) is 5.75 Å². The zero-order chi connectivity index (χ0) is 11.6. The van der Waals surface area contributed by atoms with Crippen molar-refractivity contribution in [1.82, 2.24) is 4.98 Å². The summed E-state index contributed by atoms with van der Waals surface area (Å²) in [7, 11) is 0. The maximum Gasteiger partial charge on any atom is 0.573 e. The fourth-order valence-corrected chi connectivity index (χ4v) is 2.00. The van der Waals surface area contributed by atoms with Gasteiger partial charge >= 0.3 is 6.36 Å². The molecule has 0 radical (unpaired) electrons. The van der Waals surface area contributed by atoms with Gasteiger partial charge in [-0.2, -0.15) is 0 Å². The van der Waals surface area contributed by atoms with E-state index in [2.05, 4.69) is 9.72 Å². The minimum Gasteiger partial charge on any atom is -0.403 e. The Kier molecular flexibility index (Phi) is 4.40. The molecule has 0 atom stereocenters. The number of hydrogen-bond acceptors (Lipinski definition) is 3. The Morgan fingerprint density at radius 1 is 1.40 bits per heavy atom. The van der Waals surface area contributed by atoms with E-state index in [-0.39, 0.29) is 16.0 Å². The largest absolute Gasteiger partial charge is 0.573 e. The molecule has 0 bridgehead atoms. The molecular weight excluding hydrogens is 439 g/mol. The minimum absolute atomic E-state index is 0.144. The van der Waals surface area contributed by atoms with Crippen LogP contribution in [0, 0.1) is 7.27 Å². The highest BCUT2D eigenvalue weighted by Crippen LogP contribution is 2.28. The van der Waals surface area contributed by atoms with Gasteiger partial charge in [-0.3, -0.25) is 0 Å². The van der Waals surface area contributed by atoms with Crippen LogP contribution in [0.25, 0.3) is 0 Å². The Morgan fingerprint density at radius 2 is 2.00 bits per heavy atom. The Labute approximate surface area is 111 Å². The third kappa shape index (κ3) is 3.90. The predicted octanol–water partition coefficient (Wildman–Crippen LogP) is 2.65. The van der Waals surface area contributed by atoms with Crippen LogP contribution in [0.2, 0.25) is 0 Å². The summed E-state index contributed by atoms with van der Waals surface area (Å²) < 4.78 is 40.4. The minimum atomic E-state index is -4.70. The average molecular weight is 444 g/mol. The predicted molar refractivity (Wildman–Crippen MR) is 64.2 cm³/mol. The number of nitrogens with two attached hydrogens (primary N) is 1. The quantitative estimate of drug-likeness (QED) is 0.564. The molecule has 1 rings (SSSR count). The van der Waals surface area contributed by atoms with Crippen molar-refractivity contribution in [3.8, 4) is 5.75 Å². The number of hydrogen-bond donors (Lipinski definition) is 1. The van der Waals surface area contributed by atoms with Gasteiger partial charge in [0.25, 0.3) is 0 Å². The number of aromatic nitrogens is 1. The molecule has 1 aromatic rings. The molecule has 2 N–H and O–H groups in total. The molecule has 8 heteroatoms. The van der Waals surface area contributed by atoms with Gasteiger partial charge in [-0.1, -0.05) is 0 Å². The first-order chi connectivity index (χ1) is 6.83. The van der Waals surface area contributed by atoms with Gasteiger partial charge < -0.3 is 10.5 Å². The van der Waals surface area contributed by atoms with Gasteiger partial charge in [-0.15, -0.1) is 13.2 Å². The SMILES string of the molecule is NCc1nc(I)c(OC(F)(F)F)cc1I. The zero-order valence-electron chi connectivity index (χ0n) is 7.11. The highest BCUT2D eigenvalue weighted by molar-refractivity contribution is 14.1. The summed E-state index contributed by atoms with van der Waals surface area (Å²) in [5.41, 5.74) is 5.91. The molecule has 0 aliphatic rings. The molecule has 15 heavy (non-hydrogen) atoms. The summed E-state index contributed by atoms with van der Waals surface area (Å²) in [5.74, 6) is -0.301. The van der Waals surface area contributed by atoms with Crippen molar-refractivity contribution in [3.63, 3.8) is 0 Å². The summed E-state index contributed by atoms with van der Waals surface area (Å²) in [4.78, 5) is 3.90. The first-order valence-corrected chi connectivity index (χ1v) is 5.80. The Bertz CT molecular complexity index is 370. The van der Waals surface area contributed by atoms with Crippen molar-refractivity contribution in [3.05, 3.63) is 19.0 Å². The van der Waals surface area contributed by atoms with Gasteiger partial charge in [0.1, 0.15) is 3.70 Å². The van der Waals surface area contributed by atoms with Crippen LogP contribution in [0.3, 0.4) is 0 Å². The summed E-state index contributed by atoms with van der Waals surface area (Å²) in [6.07, 6.45) is -4.70. The lowest BCUT2D eigenvalue weighted by atomic mass is 10.3. The lowest BCUT2D eigenvalue weighted by Gasteiger charge is -2.11. The lowest BCUT2D eigenvalue weighted by molar-refractivity contribution is -0.275. The fourth-order valence-electron chi connectivity index (χ4n) is 0.824. The van der Waals surface area contributed by atoms with Crippen LogP contribution in [-0.2, 0) is 6.54 Å². The highest BCUT2D eigenvalue weighted by Gasteiger charge is 2.32. The van der Waals surface area contributed by atoms with Gasteiger partial charge in [0, 0.05) is 10.1 Å². The van der Waals surface area contributed by atoms with E-state index in [0.717, 1.165) is 0 Å². The summed E-state index contributed by atoms with van der Waals surface area (Å²) in [5, 5.41) is 0. The molecule has 0 aliphatic carbocycles. The number of ether oxygens (including phenoxy) is 1. The molecular formula is C7H5F3I2N2O. The van der Waals surface area contributed by atoms with Crippen molar-refractivity contribution < 1.29 is 17.9 Å². The third-order valence-corrected chi connectivity index (χ3v) is 3.10. The van der Waals surface area contributed by atoms with Gasteiger partial charge in [0.15, 0.2) is 5.75 Å². The normalized spacial score (nSPS) is 11.6. The molecule has 0 saturated heterocycles. The topological polar surface area (TPSA) is 48.1 Å². The molecule has 0 spiro atoms. The Hall–Kier alpha value is 0.160. The lowest BCUT2D eigenvalue weighted by Crippen LogP contribution is -2.18. The van der Waals surface area contributed by atoms with E-state index in [1.807, 2.05) is 22.6 Å². The third-order valence-electron chi connectivity index (χ3n) is 1.39. The molecule has 0 unspecified atom stereocenters. The summed E-state index contributed by atoms with van der Waals surface area (Å²) >= 11 is 3.53. The molecule has 0 aliphatic heterocycles. The molecule has 84 valence electrons. The molecule has 0 fully saturated rings. The summed E-state index contributed by atoms with van der Waals surface area (Å²) in [6.45, 7) is 0.181. The van der Waals surface area contributed by atoms with Crippen molar-refractivity contribution >= 4 is 45.2 Å². The van der Waals surface area contributed by atoms with Crippen molar-refractivity contribution in [1.29, 1.82) is 0 Å². The van der Waals surface area contributed by atoms with Gasteiger partial charge in [0.2, 0.25) is 0 Å². The van der Waals surface area contributed by atoms with Crippen molar-refractivity contribution in [2.75, 3.05) is 0 Å². The van der Waals surface area contributed by atoms with Crippen molar-refractivity contribution in [2.24, 2.45) is 5.73 Å². The standard InChI is InChI=1S/C7H5F3I2N2O/c8-7(9,10)15-5-1-3(11)4(2-13)14-6(5)12/h1H,2,13H2. The first-order valence-electron chi connectivity index (χ1n) is 3.64. The van der Waals surface area contributed by atoms with E-state index in [0.29, 0.717) is 9.26 Å². The van der Waals surface area contributed by atoms with Gasteiger partial charge in [-0.05, 0) is 51.2 Å². The van der Waals surface area contributed by atoms with Crippen LogP contribution in [-0.4, -0.2) is 11.3 Å². The number of rotatable bonds is 2. The van der Waals surface area contributed by atoms with E-state index in [4.69, 9.17) is 5.73 Å². The van der Waals surface area contributed by atoms with Crippen molar-refractivity contribution in [2.45, 2.75) is 12.9 Å². The maximum absolute atomic E-state index is 12.0. The molecule has 1 heterocycles. The van der Waals surface area contributed by atoms with Gasteiger partial charge in [0.05, 0.1) is 5.69 Å². The Morgan fingerprint density at radius 3 is 2.47 bits per heavy atom. The molecule has 0 aromatic carbocycles. The van der Waals surface area contributed by atoms with Gasteiger partial charge in [-0.25, -0.2) is 4.98 Å². The number of alkyl halides is 3. The van der Waals surface area contributed by atoms with E-state index < -0.39 is 6.36 Å². The monoisotopic (exact) mass is 444 g/mol. The van der Waals surface area contributed by atoms with E-state index in [1.54, 1.807) is 22.6 Å². The second-order valence-corrected chi connectivity index (χ2v) is 4.64. The van der Waals surface area contributed by atoms with E-state index in [9.17, 15) is 13.2 Å². The summed E-state index contributed by atoms with van der Waals surface area (Å²) in [6, 6.07) is 1.27. The maximum atomic E-state index is 12.0. The molecule has 1 aromatic heterocycles. The van der Waals surface area contributed by atoms with Crippen LogP contribution >= 0.6 is 45.2 Å². The van der Waals surface area contributed by atoms with Crippen LogP contribution in [0.15, 0.2) is 6.07 Å². The smallest absolute Gasteiger partial charge is 0.403 e. The molecule has 3 nitrogen and oxygen atoms in total. The number of pyridine rings is 1. The van der Waals surface area contributed by atoms with Crippen LogP contribution < -0.4 is 10.5 Å². The second-order valence-electron chi connectivity index (χ2n) is 2.46. The average Bonchev–Trinajstić information content (AvgIpc) is 2.08. The molecule has 0 amide bonds. The van der Waals surface area contributed by atoms with Crippen LogP contribution in [0.4, 0.5) is 13.2 Å². The zero-order valence-corrected chi connectivity index (χ0v) is 11.4. The highest BCUT2D eigenvalue weighted by atomic mass is 127. The Balaban J connectivity index is 3.05. The fraction of sp³-hybridized carbons (Fsp3) is 0.286. The first kappa shape index (κ1) is 13.2. The number of halogens is 5.